The van der Waals surface area contributed by atoms with Gasteiger partial charge in [0, 0.05) is 23.9 Å². The summed E-state index contributed by atoms with van der Waals surface area (Å²) in [5.41, 5.74) is -0.233. The van der Waals surface area contributed by atoms with Crippen LogP contribution in [-0.2, 0) is 13.0 Å². The van der Waals surface area contributed by atoms with E-state index < -0.39 is 40.0 Å². The van der Waals surface area contributed by atoms with E-state index in [-0.39, 0.29) is 35.0 Å². The van der Waals surface area contributed by atoms with E-state index in [1.54, 1.807) is 6.07 Å². The summed E-state index contributed by atoms with van der Waals surface area (Å²) in [6.07, 6.45) is 0.632. The fourth-order valence-corrected chi connectivity index (χ4v) is 4.40. The smallest absolute Gasteiger partial charge is 0.346 e. The zero-order valence-electron chi connectivity index (χ0n) is 18.5. The molecule has 0 aliphatic carbocycles. The standard InChI is InChI=1S/C23H18F2N2O8S/c1-33-16-6-13(25)14(26-23(32)27-15-9-36-20(22(30)31)18(15)21(28)29)7-17(16)35-8-11-12(24)3-2-10-4-5-34-19(10)11/h2-3,6-7,9H,4-5,8H2,1H3,(H,28,29)(H,30,31)(H2,26,27,32). The van der Waals surface area contributed by atoms with Crippen molar-refractivity contribution in [3.05, 3.63) is 62.8 Å². The van der Waals surface area contributed by atoms with Gasteiger partial charge in [-0.05, 0) is 11.6 Å². The minimum atomic E-state index is -1.56. The van der Waals surface area contributed by atoms with E-state index in [1.165, 1.54) is 13.2 Å². The summed E-state index contributed by atoms with van der Waals surface area (Å²) < 4.78 is 45.3. The Bertz CT molecular complexity index is 1370. The van der Waals surface area contributed by atoms with Crippen LogP contribution in [0.15, 0.2) is 29.6 Å². The molecule has 13 heteroatoms. The summed E-state index contributed by atoms with van der Waals surface area (Å²) in [6.45, 7) is 0.147. The number of rotatable bonds is 8. The molecule has 10 nitrogen and oxygen atoms in total. The summed E-state index contributed by atoms with van der Waals surface area (Å²) in [6, 6.07) is 3.95. The predicted octanol–water partition coefficient (Wildman–Crippen LogP) is 4.59. The van der Waals surface area contributed by atoms with Gasteiger partial charge < -0.3 is 35.1 Å². The molecular weight excluding hydrogens is 502 g/mol. The van der Waals surface area contributed by atoms with E-state index >= 15 is 0 Å². The largest absolute Gasteiger partial charge is 0.493 e. The number of urea groups is 1. The second-order valence-corrected chi connectivity index (χ2v) is 8.31. The highest BCUT2D eigenvalue weighted by Crippen LogP contribution is 2.36. The molecule has 0 saturated heterocycles. The van der Waals surface area contributed by atoms with E-state index in [0.717, 1.165) is 23.1 Å². The van der Waals surface area contributed by atoms with Gasteiger partial charge in [0.15, 0.2) is 17.3 Å². The molecule has 2 amide bonds. The van der Waals surface area contributed by atoms with Gasteiger partial charge in [-0.3, -0.25) is 0 Å². The summed E-state index contributed by atoms with van der Waals surface area (Å²) in [4.78, 5) is 34.6. The zero-order chi connectivity index (χ0) is 26.0. The van der Waals surface area contributed by atoms with Crippen molar-refractivity contribution >= 4 is 40.7 Å². The molecule has 4 N–H and O–H groups in total. The summed E-state index contributed by atoms with van der Waals surface area (Å²) in [5.74, 6) is -4.12. The first-order valence-electron chi connectivity index (χ1n) is 10.3. The molecule has 1 aliphatic heterocycles. The number of halogens is 2. The number of aromatic carboxylic acids is 2. The number of benzene rings is 2. The summed E-state index contributed by atoms with van der Waals surface area (Å²) in [5, 5.41) is 24.0. The number of hydrogen-bond donors (Lipinski definition) is 4. The third-order valence-electron chi connectivity index (χ3n) is 5.22. The Balaban J connectivity index is 1.54. The van der Waals surface area contributed by atoms with Gasteiger partial charge in [0.25, 0.3) is 0 Å². The quantitative estimate of drug-likeness (QED) is 0.338. The fraction of sp³-hybridized carbons (Fsp3) is 0.174. The third-order valence-corrected chi connectivity index (χ3v) is 6.19. The van der Waals surface area contributed by atoms with E-state index in [9.17, 15) is 28.3 Å². The lowest BCUT2D eigenvalue weighted by Crippen LogP contribution is -2.21. The van der Waals surface area contributed by atoms with Crippen molar-refractivity contribution in [1.82, 2.24) is 0 Å². The first-order chi connectivity index (χ1) is 17.2. The normalized spacial score (nSPS) is 11.9. The molecule has 3 aromatic rings. The Morgan fingerprint density at radius 1 is 1.06 bits per heavy atom. The first kappa shape index (κ1) is 24.7. The van der Waals surface area contributed by atoms with Crippen molar-refractivity contribution in [2.75, 3.05) is 24.4 Å². The van der Waals surface area contributed by atoms with Crippen LogP contribution in [0.5, 0.6) is 17.2 Å². The molecule has 0 saturated carbocycles. The van der Waals surface area contributed by atoms with Crippen molar-refractivity contribution in [3.63, 3.8) is 0 Å². The fourth-order valence-electron chi connectivity index (χ4n) is 3.58. The number of amides is 2. The molecule has 0 bridgehead atoms. The van der Waals surface area contributed by atoms with Gasteiger partial charge in [0.05, 0.1) is 30.7 Å². The van der Waals surface area contributed by atoms with E-state index in [4.69, 9.17) is 19.3 Å². The number of anilines is 2. The SMILES string of the molecule is COc1cc(F)c(NC(=O)Nc2csc(C(=O)O)c2C(=O)O)cc1OCc1c(F)ccc2c1OCC2. The molecule has 2 aromatic carbocycles. The van der Waals surface area contributed by atoms with Gasteiger partial charge in [-0.15, -0.1) is 11.3 Å². The molecular formula is C23H18F2N2O8S. The number of carboxylic acid groups (broad SMARTS) is 2. The van der Waals surface area contributed by atoms with Crippen molar-refractivity contribution in [2.45, 2.75) is 13.0 Å². The highest BCUT2D eigenvalue weighted by molar-refractivity contribution is 7.13. The van der Waals surface area contributed by atoms with Crippen molar-refractivity contribution in [2.24, 2.45) is 0 Å². The Labute approximate surface area is 206 Å². The van der Waals surface area contributed by atoms with Crippen molar-refractivity contribution in [1.29, 1.82) is 0 Å². The number of carboxylic acids is 2. The second-order valence-electron chi connectivity index (χ2n) is 7.43. The lowest BCUT2D eigenvalue weighted by molar-refractivity contribution is 0.0657. The van der Waals surface area contributed by atoms with Crippen LogP contribution in [0.2, 0.25) is 0 Å². The topological polar surface area (TPSA) is 143 Å². The molecule has 0 fully saturated rings. The maximum Gasteiger partial charge on any atom is 0.346 e. The Hall–Kier alpha value is -4.39. The number of nitrogens with one attached hydrogen (secondary N) is 2. The maximum atomic E-state index is 14.6. The summed E-state index contributed by atoms with van der Waals surface area (Å²) in [7, 11) is 1.27. The molecule has 36 heavy (non-hydrogen) atoms. The average Bonchev–Trinajstić information content (AvgIpc) is 3.47. The number of fused-ring (bicyclic) bond motifs is 1. The average molecular weight is 520 g/mol. The molecule has 1 aliphatic rings. The van der Waals surface area contributed by atoms with Gasteiger partial charge in [-0.2, -0.15) is 0 Å². The Morgan fingerprint density at radius 3 is 2.50 bits per heavy atom. The maximum absolute atomic E-state index is 14.6. The number of carbonyl (C=O) groups is 3. The number of ether oxygens (including phenoxy) is 3. The van der Waals surface area contributed by atoms with Gasteiger partial charge in [0.1, 0.15) is 28.6 Å². The predicted molar refractivity (Wildman–Crippen MR) is 124 cm³/mol. The lowest BCUT2D eigenvalue weighted by atomic mass is 10.1. The van der Waals surface area contributed by atoms with E-state index in [0.29, 0.717) is 30.1 Å². The second kappa shape index (κ2) is 10.1. The van der Waals surface area contributed by atoms with Crippen LogP contribution in [0.25, 0.3) is 0 Å². The monoisotopic (exact) mass is 520 g/mol. The number of hydrogen-bond acceptors (Lipinski definition) is 7. The van der Waals surface area contributed by atoms with Crippen LogP contribution in [0, 0.1) is 11.6 Å². The molecule has 0 atom stereocenters. The van der Waals surface area contributed by atoms with E-state index in [2.05, 4.69) is 10.6 Å². The number of thiophene rings is 1. The van der Waals surface area contributed by atoms with Crippen molar-refractivity contribution < 1.29 is 47.6 Å². The number of carbonyl (C=O) groups excluding carboxylic acids is 1. The van der Waals surface area contributed by atoms with Crippen LogP contribution < -0.4 is 24.8 Å². The van der Waals surface area contributed by atoms with Crippen LogP contribution in [-0.4, -0.2) is 41.9 Å². The highest BCUT2D eigenvalue weighted by atomic mass is 32.1. The van der Waals surface area contributed by atoms with Gasteiger partial charge in [0.2, 0.25) is 0 Å². The molecule has 2 heterocycles. The molecule has 4 rings (SSSR count). The highest BCUT2D eigenvalue weighted by Gasteiger charge is 2.25. The molecule has 1 aromatic heterocycles. The molecule has 0 unspecified atom stereocenters. The lowest BCUT2D eigenvalue weighted by Gasteiger charge is -2.15. The Morgan fingerprint density at radius 2 is 1.81 bits per heavy atom. The van der Waals surface area contributed by atoms with E-state index in [1.807, 2.05) is 0 Å². The minimum Gasteiger partial charge on any atom is -0.493 e. The molecule has 0 radical (unpaired) electrons. The third kappa shape index (κ3) is 4.86. The van der Waals surface area contributed by atoms with Crippen LogP contribution in [0.1, 0.15) is 31.2 Å². The van der Waals surface area contributed by atoms with Gasteiger partial charge in [-0.1, -0.05) is 6.07 Å². The Kier molecular flexibility index (Phi) is 6.92. The van der Waals surface area contributed by atoms with Crippen LogP contribution in [0.3, 0.4) is 0 Å². The van der Waals surface area contributed by atoms with Gasteiger partial charge in [-0.25, -0.2) is 23.2 Å². The first-order valence-corrected chi connectivity index (χ1v) is 11.2. The van der Waals surface area contributed by atoms with Gasteiger partial charge >= 0.3 is 18.0 Å². The minimum absolute atomic E-state index is 0.0147. The molecule has 0 spiro atoms. The van der Waals surface area contributed by atoms with Crippen molar-refractivity contribution in [3.8, 4) is 17.2 Å². The molecule has 188 valence electrons. The zero-order valence-corrected chi connectivity index (χ0v) is 19.3. The van der Waals surface area contributed by atoms with Crippen LogP contribution in [0.4, 0.5) is 25.0 Å². The number of methoxy groups -OCH3 is 1. The van der Waals surface area contributed by atoms with Crippen LogP contribution >= 0.6 is 11.3 Å². The summed E-state index contributed by atoms with van der Waals surface area (Å²) >= 11 is 0.611.